The van der Waals surface area contributed by atoms with Gasteiger partial charge in [-0.25, -0.2) is 0 Å². The fourth-order valence-corrected chi connectivity index (χ4v) is 3.97. The van der Waals surface area contributed by atoms with Gasteiger partial charge >= 0.3 is 0 Å². The second-order valence-electron chi connectivity index (χ2n) is 5.68. The lowest BCUT2D eigenvalue weighted by atomic mass is 10.1. The van der Waals surface area contributed by atoms with Crippen molar-refractivity contribution in [3.05, 3.63) is 34.1 Å². The maximum Gasteiger partial charge on any atom is 0.235 e. The molecule has 2 aromatic heterocycles. The number of rotatable bonds is 3. The highest BCUT2D eigenvalue weighted by molar-refractivity contribution is 7.19. The van der Waals surface area contributed by atoms with Gasteiger partial charge in [0.25, 0.3) is 0 Å². The van der Waals surface area contributed by atoms with Crippen LogP contribution in [0.2, 0.25) is 10.0 Å². The van der Waals surface area contributed by atoms with E-state index in [1.165, 1.54) is 30.6 Å². The Bertz CT molecular complexity index is 838. The molecule has 1 aliphatic rings. The summed E-state index contributed by atoms with van der Waals surface area (Å²) >= 11 is 13.6. The normalized spacial score (nSPS) is 16.3. The van der Waals surface area contributed by atoms with Crippen LogP contribution in [0, 0.1) is 0 Å². The van der Waals surface area contributed by atoms with Crippen molar-refractivity contribution in [2.45, 2.75) is 25.8 Å². The first-order chi connectivity index (χ1) is 11.2. The molecule has 4 rings (SSSR count). The van der Waals surface area contributed by atoms with Crippen molar-refractivity contribution in [1.82, 2.24) is 24.7 Å². The number of benzene rings is 1. The first-order valence-electron chi connectivity index (χ1n) is 7.59. The summed E-state index contributed by atoms with van der Waals surface area (Å²) in [4.78, 5) is 3.22. The van der Waals surface area contributed by atoms with Gasteiger partial charge < -0.3 is 0 Å². The average molecular weight is 368 g/mol. The number of hydrogen-bond acceptors (Lipinski definition) is 5. The molecule has 8 heteroatoms. The number of piperidine rings is 1. The standard InChI is InChI=1S/C15H15Cl2N5S/c16-11-5-4-10(8-12(11)17)14-20-22-13(18-19-15(22)23-14)9-21-6-2-1-3-7-21/h4-5,8H,1-3,6-7,9H2. The van der Waals surface area contributed by atoms with E-state index in [4.69, 9.17) is 23.2 Å². The van der Waals surface area contributed by atoms with Crippen LogP contribution in [0.3, 0.4) is 0 Å². The molecular formula is C15H15Cl2N5S. The van der Waals surface area contributed by atoms with Crippen molar-refractivity contribution in [1.29, 1.82) is 0 Å². The number of halogens is 2. The van der Waals surface area contributed by atoms with Gasteiger partial charge in [-0.05, 0) is 38.1 Å². The van der Waals surface area contributed by atoms with Crippen LogP contribution in [0.5, 0.6) is 0 Å². The minimum Gasteiger partial charge on any atom is -0.296 e. The molecule has 0 saturated carbocycles. The van der Waals surface area contributed by atoms with Crippen molar-refractivity contribution in [3.63, 3.8) is 0 Å². The summed E-state index contributed by atoms with van der Waals surface area (Å²) in [6.45, 7) is 3.04. The molecule has 0 aliphatic carbocycles. The van der Waals surface area contributed by atoms with Gasteiger partial charge in [0.15, 0.2) is 5.82 Å². The van der Waals surface area contributed by atoms with Crippen LogP contribution in [0.15, 0.2) is 18.2 Å². The highest BCUT2D eigenvalue weighted by atomic mass is 35.5. The van der Waals surface area contributed by atoms with Crippen LogP contribution >= 0.6 is 34.5 Å². The third-order valence-corrected chi connectivity index (χ3v) is 5.72. The Kier molecular flexibility index (Phi) is 4.24. The zero-order chi connectivity index (χ0) is 15.8. The van der Waals surface area contributed by atoms with Crippen molar-refractivity contribution in [2.75, 3.05) is 13.1 Å². The zero-order valence-electron chi connectivity index (χ0n) is 12.4. The van der Waals surface area contributed by atoms with E-state index in [2.05, 4.69) is 20.2 Å². The van der Waals surface area contributed by atoms with Gasteiger partial charge in [-0.1, -0.05) is 47.0 Å². The molecule has 23 heavy (non-hydrogen) atoms. The van der Waals surface area contributed by atoms with Crippen molar-refractivity contribution >= 4 is 39.5 Å². The van der Waals surface area contributed by atoms with Gasteiger partial charge in [-0.15, -0.1) is 10.2 Å². The lowest BCUT2D eigenvalue weighted by molar-refractivity contribution is 0.214. The van der Waals surface area contributed by atoms with E-state index >= 15 is 0 Å². The molecule has 1 saturated heterocycles. The number of fused-ring (bicyclic) bond motifs is 1. The predicted octanol–water partition coefficient (Wildman–Crippen LogP) is 4.15. The molecule has 0 radical (unpaired) electrons. The van der Waals surface area contributed by atoms with Crippen LogP contribution < -0.4 is 0 Å². The lowest BCUT2D eigenvalue weighted by Crippen LogP contribution is -2.30. The largest absolute Gasteiger partial charge is 0.296 e. The minimum atomic E-state index is 0.531. The Morgan fingerprint density at radius 2 is 1.87 bits per heavy atom. The molecule has 0 N–H and O–H groups in total. The van der Waals surface area contributed by atoms with Crippen molar-refractivity contribution in [2.24, 2.45) is 0 Å². The van der Waals surface area contributed by atoms with Gasteiger partial charge in [-0.3, -0.25) is 4.90 Å². The number of nitrogens with zero attached hydrogens (tertiary/aromatic N) is 5. The highest BCUT2D eigenvalue weighted by Crippen LogP contribution is 2.31. The molecule has 1 fully saturated rings. The van der Waals surface area contributed by atoms with E-state index in [1.807, 2.05) is 16.6 Å². The highest BCUT2D eigenvalue weighted by Gasteiger charge is 2.17. The lowest BCUT2D eigenvalue weighted by Gasteiger charge is -2.25. The van der Waals surface area contributed by atoms with Gasteiger partial charge in [0.2, 0.25) is 4.96 Å². The quantitative estimate of drug-likeness (QED) is 0.697. The molecule has 0 atom stereocenters. The van der Waals surface area contributed by atoms with E-state index in [1.54, 1.807) is 6.07 Å². The molecule has 3 aromatic rings. The number of likely N-dealkylation sites (tertiary alicyclic amines) is 1. The fourth-order valence-electron chi connectivity index (χ4n) is 2.82. The fraction of sp³-hybridized carbons (Fsp3) is 0.400. The monoisotopic (exact) mass is 367 g/mol. The summed E-state index contributed by atoms with van der Waals surface area (Å²) in [6, 6.07) is 5.54. The Labute approximate surface area is 147 Å². The zero-order valence-corrected chi connectivity index (χ0v) is 14.7. The Morgan fingerprint density at radius 1 is 1.04 bits per heavy atom. The number of aromatic nitrogens is 4. The summed E-state index contributed by atoms with van der Waals surface area (Å²) < 4.78 is 1.84. The van der Waals surface area contributed by atoms with Crippen LogP contribution in [0.25, 0.3) is 15.5 Å². The molecule has 3 heterocycles. The van der Waals surface area contributed by atoms with Crippen LogP contribution in [0.4, 0.5) is 0 Å². The summed E-state index contributed by atoms with van der Waals surface area (Å²) in [6.07, 6.45) is 3.84. The predicted molar refractivity (Wildman–Crippen MR) is 93.2 cm³/mol. The third-order valence-electron chi connectivity index (χ3n) is 4.04. The molecule has 0 spiro atoms. The van der Waals surface area contributed by atoms with Crippen LogP contribution in [-0.2, 0) is 6.54 Å². The van der Waals surface area contributed by atoms with E-state index in [0.717, 1.165) is 41.0 Å². The molecule has 0 unspecified atom stereocenters. The van der Waals surface area contributed by atoms with Crippen molar-refractivity contribution < 1.29 is 0 Å². The molecule has 120 valence electrons. The second kappa shape index (κ2) is 6.36. The van der Waals surface area contributed by atoms with Gasteiger partial charge in [0, 0.05) is 5.56 Å². The first-order valence-corrected chi connectivity index (χ1v) is 9.17. The molecule has 0 amide bonds. The SMILES string of the molecule is Clc1ccc(-c2nn3c(CN4CCCCC4)nnc3s2)cc1Cl. The topological polar surface area (TPSA) is 46.3 Å². The second-order valence-corrected chi connectivity index (χ2v) is 7.45. The molecule has 5 nitrogen and oxygen atoms in total. The van der Waals surface area contributed by atoms with Crippen LogP contribution in [-0.4, -0.2) is 37.8 Å². The Hall–Kier alpha value is -1.21. The van der Waals surface area contributed by atoms with E-state index < -0.39 is 0 Å². The molecular weight excluding hydrogens is 353 g/mol. The summed E-state index contributed by atoms with van der Waals surface area (Å²) in [5.41, 5.74) is 0.943. The third kappa shape index (κ3) is 3.08. The van der Waals surface area contributed by atoms with Gasteiger partial charge in [-0.2, -0.15) is 9.61 Å². The molecule has 0 bridgehead atoms. The first kappa shape index (κ1) is 15.3. The Morgan fingerprint density at radius 3 is 2.65 bits per heavy atom. The van der Waals surface area contributed by atoms with Gasteiger partial charge in [0.1, 0.15) is 5.01 Å². The van der Waals surface area contributed by atoms with Crippen LogP contribution in [0.1, 0.15) is 25.1 Å². The van der Waals surface area contributed by atoms with Gasteiger partial charge in [0.05, 0.1) is 16.6 Å². The maximum absolute atomic E-state index is 6.10. The maximum atomic E-state index is 6.10. The number of hydrogen-bond donors (Lipinski definition) is 0. The minimum absolute atomic E-state index is 0.531. The molecule has 1 aliphatic heterocycles. The average Bonchev–Trinajstić information content (AvgIpc) is 3.13. The van der Waals surface area contributed by atoms with E-state index in [0.29, 0.717) is 10.0 Å². The summed E-state index contributed by atoms with van der Waals surface area (Å²) in [5.74, 6) is 0.893. The Balaban J connectivity index is 1.64. The van der Waals surface area contributed by atoms with E-state index in [-0.39, 0.29) is 0 Å². The summed E-state index contributed by atoms with van der Waals surface area (Å²) in [5, 5.41) is 15.1. The van der Waals surface area contributed by atoms with E-state index in [9.17, 15) is 0 Å². The van der Waals surface area contributed by atoms with Crippen molar-refractivity contribution in [3.8, 4) is 10.6 Å². The molecule has 1 aromatic carbocycles. The smallest absolute Gasteiger partial charge is 0.235 e. The summed E-state index contributed by atoms with van der Waals surface area (Å²) in [7, 11) is 0.